The van der Waals surface area contributed by atoms with Crippen molar-refractivity contribution in [1.82, 2.24) is 0 Å². The van der Waals surface area contributed by atoms with Crippen LogP contribution in [0.25, 0.3) is 0 Å². The van der Waals surface area contributed by atoms with E-state index in [4.69, 9.17) is 14.7 Å². The third-order valence-electron chi connectivity index (χ3n) is 1.90. The van der Waals surface area contributed by atoms with Gasteiger partial charge >= 0.3 is 7.32 Å². The molecule has 3 nitrogen and oxygen atoms in total. The van der Waals surface area contributed by atoms with E-state index in [1.165, 1.54) is 0 Å². The molecule has 4 heteroatoms. The Balaban J connectivity index is 3.00. The van der Waals surface area contributed by atoms with Gasteiger partial charge in [0, 0.05) is 0 Å². The van der Waals surface area contributed by atoms with Crippen molar-refractivity contribution in [3.63, 3.8) is 0 Å². The highest BCUT2D eigenvalue weighted by Gasteiger charge is 2.14. The van der Waals surface area contributed by atoms with Crippen molar-refractivity contribution in [2.75, 3.05) is 0 Å². The zero-order valence-corrected chi connectivity index (χ0v) is 7.82. The summed E-state index contributed by atoms with van der Waals surface area (Å²) in [6.07, 6.45) is 0.809. The highest BCUT2D eigenvalue weighted by atomic mass is 16.6. The molecule has 13 heavy (non-hydrogen) atoms. The lowest BCUT2D eigenvalue weighted by Gasteiger charge is -2.12. The lowest BCUT2D eigenvalue weighted by atomic mass is 10.1. The van der Waals surface area contributed by atoms with Gasteiger partial charge in [0.05, 0.1) is 0 Å². The molecule has 0 saturated carbocycles. The van der Waals surface area contributed by atoms with Crippen molar-refractivity contribution >= 4 is 7.32 Å². The maximum atomic E-state index is 8.68. The molecule has 0 aliphatic carbocycles. The van der Waals surface area contributed by atoms with Crippen molar-refractivity contribution in [2.45, 2.75) is 20.3 Å². The fraction of sp³-hybridized carbons (Fsp3) is 0.333. The van der Waals surface area contributed by atoms with E-state index in [0.717, 1.165) is 17.5 Å². The quantitative estimate of drug-likeness (QED) is 0.679. The number of aryl methyl sites for hydroxylation is 2. The summed E-state index contributed by atoms with van der Waals surface area (Å²) in [6, 6.07) is 5.70. The molecular formula is C9H13BO3. The van der Waals surface area contributed by atoms with E-state index in [0.29, 0.717) is 5.75 Å². The van der Waals surface area contributed by atoms with E-state index < -0.39 is 7.32 Å². The summed E-state index contributed by atoms with van der Waals surface area (Å²) in [6.45, 7) is 3.86. The molecule has 0 saturated heterocycles. The minimum absolute atomic E-state index is 0.569. The van der Waals surface area contributed by atoms with Crippen LogP contribution in [0.15, 0.2) is 18.2 Å². The molecule has 1 rings (SSSR count). The zero-order valence-electron chi connectivity index (χ0n) is 7.82. The average molecular weight is 180 g/mol. The van der Waals surface area contributed by atoms with Gasteiger partial charge in [0.15, 0.2) is 0 Å². The standard InChI is InChI=1S/C9H13BO3/c1-3-8-6-4-5-7(2)9(8)13-10(11)12/h4-6,11-12H,3H2,1-2H3. The first kappa shape index (κ1) is 10.1. The van der Waals surface area contributed by atoms with Crippen LogP contribution in [0.2, 0.25) is 0 Å². The van der Waals surface area contributed by atoms with Crippen LogP contribution in [-0.4, -0.2) is 17.4 Å². The topological polar surface area (TPSA) is 49.7 Å². The van der Waals surface area contributed by atoms with Crippen LogP contribution >= 0.6 is 0 Å². The van der Waals surface area contributed by atoms with E-state index in [-0.39, 0.29) is 0 Å². The first-order valence-corrected chi connectivity index (χ1v) is 4.26. The monoisotopic (exact) mass is 180 g/mol. The Hall–Kier alpha value is -0.995. The predicted octanol–water partition coefficient (Wildman–Crippen LogP) is 0.906. The van der Waals surface area contributed by atoms with Gasteiger partial charge in [0.25, 0.3) is 0 Å². The molecule has 0 atom stereocenters. The Kier molecular flexibility index (Phi) is 3.34. The Morgan fingerprint density at radius 2 is 2.08 bits per heavy atom. The summed E-state index contributed by atoms with van der Waals surface area (Å²) in [5.41, 5.74) is 1.89. The van der Waals surface area contributed by atoms with Gasteiger partial charge in [-0.3, -0.25) is 0 Å². The molecule has 0 spiro atoms. The normalized spacial score (nSPS) is 9.85. The third-order valence-corrected chi connectivity index (χ3v) is 1.90. The Morgan fingerprint density at radius 3 is 2.62 bits per heavy atom. The Morgan fingerprint density at radius 1 is 1.38 bits per heavy atom. The summed E-state index contributed by atoms with van der Waals surface area (Å²) in [7, 11) is -1.74. The number of rotatable bonds is 3. The van der Waals surface area contributed by atoms with Gasteiger partial charge in [-0.25, -0.2) is 0 Å². The van der Waals surface area contributed by atoms with Crippen molar-refractivity contribution in [1.29, 1.82) is 0 Å². The average Bonchev–Trinajstić information content (AvgIpc) is 2.08. The van der Waals surface area contributed by atoms with Crippen LogP contribution in [0, 0.1) is 6.92 Å². The summed E-state index contributed by atoms with van der Waals surface area (Å²) < 4.78 is 4.88. The summed E-state index contributed by atoms with van der Waals surface area (Å²) in [5, 5.41) is 17.4. The maximum absolute atomic E-state index is 8.68. The molecule has 1 aromatic carbocycles. The number of benzene rings is 1. The molecule has 0 aromatic heterocycles. The summed E-state index contributed by atoms with van der Waals surface area (Å²) in [5.74, 6) is 0.569. The van der Waals surface area contributed by atoms with Gasteiger partial charge < -0.3 is 14.7 Å². The van der Waals surface area contributed by atoms with Crippen molar-refractivity contribution in [3.8, 4) is 5.75 Å². The van der Waals surface area contributed by atoms with Crippen LogP contribution < -0.4 is 4.65 Å². The fourth-order valence-electron chi connectivity index (χ4n) is 1.27. The number of para-hydroxylation sites is 1. The summed E-state index contributed by atoms with van der Waals surface area (Å²) in [4.78, 5) is 0. The second-order valence-corrected chi connectivity index (χ2v) is 2.86. The third kappa shape index (κ3) is 2.47. The molecule has 0 heterocycles. The molecule has 2 N–H and O–H groups in total. The molecule has 0 aliphatic rings. The van der Waals surface area contributed by atoms with Crippen molar-refractivity contribution in [3.05, 3.63) is 29.3 Å². The highest BCUT2D eigenvalue weighted by Crippen LogP contribution is 2.23. The lowest BCUT2D eigenvalue weighted by Crippen LogP contribution is -2.21. The SMILES string of the molecule is CCc1cccc(C)c1OB(O)O. The molecule has 70 valence electrons. The largest absolute Gasteiger partial charge is 0.707 e. The minimum Gasteiger partial charge on any atom is -0.512 e. The van der Waals surface area contributed by atoms with Crippen LogP contribution in [0.3, 0.4) is 0 Å². The van der Waals surface area contributed by atoms with E-state index in [1.807, 2.05) is 32.0 Å². The van der Waals surface area contributed by atoms with E-state index in [2.05, 4.69) is 0 Å². The molecule has 0 bridgehead atoms. The second-order valence-electron chi connectivity index (χ2n) is 2.86. The van der Waals surface area contributed by atoms with Crippen molar-refractivity contribution < 1.29 is 14.7 Å². The van der Waals surface area contributed by atoms with Crippen LogP contribution in [0.4, 0.5) is 0 Å². The molecule has 0 radical (unpaired) electrons. The van der Waals surface area contributed by atoms with Gasteiger partial charge in [0.2, 0.25) is 0 Å². The van der Waals surface area contributed by atoms with Gasteiger partial charge in [-0.2, -0.15) is 0 Å². The molecule has 1 aromatic rings. The Bertz CT molecular complexity index is 286. The minimum atomic E-state index is -1.74. The Labute approximate surface area is 78.2 Å². The lowest BCUT2D eigenvalue weighted by molar-refractivity contribution is 0.286. The predicted molar refractivity (Wildman–Crippen MR) is 51.4 cm³/mol. The number of hydrogen-bond acceptors (Lipinski definition) is 3. The number of hydrogen-bond donors (Lipinski definition) is 2. The molecular weight excluding hydrogens is 167 g/mol. The van der Waals surface area contributed by atoms with E-state index in [9.17, 15) is 0 Å². The second kappa shape index (κ2) is 4.30. The van der Waals surface area contributed by atoms with Gasteiger partial charge in [-0.1, -0.05) is 25.1 Å². The highest BCUT2D eigenvalue weighted by molar-refractivity contribution is 6.33. The van der Waals surface area contributed by atoms with E-state index >= 15 is 0 Å². The first-order chi connectivity index (χ1) is 6.15. The molecule has 0 amide bonds. The fourth-order valence-corrected chi connectivity index (χ4v) is 1.27. The zero-order chi connectivity index (χ0) is 9.84. The smallest absolute Gasteiger partial charge is 0.512 e. The van der Waals surface area contributed by atoms with Crippen LogP contribution in [-0.2, 0) is 6.42 Å². The van der Waals surface area contributed by atoms with Crippen LogP contribution in [0.1, 0.15) is 18.1 Å². The molecule has 0 unspecified atom stereocenters. The first-order valence-electron chi connectivity index (χ1n) is 4.26. The van der Waals surface area contributed by atoms with Crippen LogP contribution in [0.5, 0.6) is 5.75 Å². The summed E-state index contributed by atoms with van der Waals surface area (Å²) >= 11 is 0. The van der Waals surface area contributed by atoms with Gasteiger partial charge in [0.1, 0.15) is 5.75 Å². The maximum Gasteiger partial charge on any atom is 0.707 e. The van der Waals surface area contributed by atoms with Gasteiger partial charge in [-0.05, 0) is 24.5 Å². The molecule has 0 fully saturated rings. The van der Waals surface area contributed by atoms with Gasteiger partial charge in [-0.15, -0.1) is 0 Å². The van der Waals surface area contributed by atoms with E-state index in [1.54, 1.807) is 0 Å². The van der Waals surface area contributed by atoms with Crippen molar-refractivity contribution in [2.24, 2.45) is 0 Å². The molecule has 0 aliphatic heterocycles.